The molecule has 1 N–H and O–H groups in total. The van der Waals surface area contributed by atoms with E-state index in [9.17, 15) is 14.4 Å². The Morgan fingerprint density at radius 2 is 1.95 bits per heavy atom. The van der Waals surface area contributed by atoms with Crippen LogP contribution in [0.2, 0.25) is 0 Å². The Balaban J connectivity index is 2.91. The van der Waals surface area contributed by atoms with Gasteiger partial charge < -0.3 is 5.32 Å². The second-order valence-corrected chi connectivity index (χ2v) is 5.50. The lowest BCUT2D eigenvalue weighted by molar-refractivity contribution is -0.146. The lowest BCUT2D eigenvalue weighted by atomic mass is 10.0. The van der Waals surface area contributed by atoms with Gasteiger partial charge in [-0.2, -0.15) is 0 Å². The second kappa shape index (κ2) is 7.96. The first kappa shape index (κ1) is 17.4. The molecule has 0 saturated carbocycles. The average Bonchev–Trinajstić information content (AvgIpc) is 2.72. The molecule has 0 radical (unpaired) electrons. The lowest BCUT2D eigenvalue weighted by Gasteiger charge is -2.28. The zero-order chi connectivity index (χ0) is 16.0. The van der Waals surface area contributed by atoms with Crippen LogP contribution in [-0.2, 0) is 14.4 Å². The van der Waals surface area contributed by atoms with Crippen LogP contribution >= 0.6 is 0 Å². The highest BCUT2D eigenvalue weighted by atomic mass is 16.2. The van der Waals surface area contributed by atoms with Gasteiger partial charge in [0.05, 0.1) is 6.04 Å². The lowest BCUT2D eigenvalue weighted by Crippen LogP contribution is -2.52. The fourth-order valence-electron chi connectivity index (χ4n) is 2.62. The van der Waals surface area contributed by atoms with Crippen LogP contribution in [0, 0.1) is 0 Å². The van der Waals surface area contributed by atoms with Crippen molar-refractivity contribution in [2.24, 2.45) is 0 Å². The van der Waals surface area contributed by atoms with E-state index in [0.717, 1.165) is 24.8 Å². The maximum atomic E-state index is 12.7. The number of nitrogens with one attached hydrogen (secondary N) is 1. The van der Waals surface area contributed by atoms with Crippen LogP contribution in [0.3, 0.4) is 0 Å². The van der Waals surface area contributed by atoms with Crippen molar-refractivity contribution in [3.63, 3.8) is 0 Å². The number of carbonyl (C=O) groups excluding carboxylic acids is 3. The van der Waals surface area contributed by atoms with Crippen LogP contribution in [-0.4, -0.2) is 34.7 Å². The first-order valence-corrected chi connectivity index (χ1v) is 7.80. The van der Waals surface area contributed by atoms with Crippen LogP contribution < -0.4 is 5.32 Å². The smallest absolute Gasteiger partial charge is 0.253 e. The predicted octanol–water partition coefficient (Wildman–Crippen LogP) is 2.17. The summed E-state index contributed by atoms with van der Waals surface area (Å²) >= 11 is 0. The highest BCUT2D eigenvalue weighted by Gasteiger charge is 2.37. The van der Waals surface area contributed by atoms with Crippen LogP contribution in [0.4, 0.5) is 0 Å². The zero-order valence-electron chi connectivity index (χ0n) is 13.4. The van der Waals surface area contributed by atoms with Crippen molar-refractivity contribution in [2.75, 3.05) is 0 Å². The van der Waals surface area contributed by atoms with Gasteiger partial charge in [0.1, 0.15) is 6.04 Å². The predicted molar refractivity (Wildman–Crippen MR) is 81.4 cm³/mol. The van der Waals surface area contributed by atoms with Crippen LogP contribution in [0.15, 0.2) is 11.6 Å². The van der Waals surface area contributed by atoms with E-state index in [0.29, 0.717) is 12.8 Å². The number of rotatable bonds is 7. The van der Waals surface area contributed by atoms with Crippen molar-refractivity contribution in [1.29, 1.82) is 0 Å². The maximum Gasteiger partial charge on any atom is 0.253 e. The van der Waals surface area contributed by atoms with Crippen molar-refractivity contribution in [1.82, 2.24) is 10.2 Å². The van der Waals surface area contributed by atoms with Crippen molar-refractivity contribution in [3.8, 4) is 0 Å². The number of carbonyl (C=O) groups is 3. The van der Waals surface area contributed by atoms with Gasteiger partial charge in [0.2, 0.25) is 5.91 Å². The minimum atomic E-state index is -0.606. The van der Waals surface area contributed by atoms with E-state index in [-0.39, 0.29) is 23.8 Å². The molecule has 0 bridgehead atoms. The van der Waals surface area contributed by atoms with Gasteiger partial charge in [-0.15, -0.1) is 0 Å². The summed E-state index contributed by atoms with van der Waals surface area (Å²) in [7, 11) is 0. The third-order valence-corrected chi connectivity index (χ3v) is 3.76. The fourth-order valence-corrected chi connectivity index (χ4v) is 2.62. The van der Waals surface area contributed by atoms with Crippen molar-refractivity contribution in [2.45, 2.75) is 71.9 Å². The Bertz CT molecular complexity index is 443. The molecule has 0 saturated heterocycles. The highest BCUT2D eigenvalue weighted by molar-refractivity contribution is 6.06. The molecule has 2 atom stereocenters. The maximum absolute atomic E-state index is 12.7. The number of amides is 3. The summed E-state index contributed by atoms with van der Waals surface area (Å²) < 4.78 is 0. The topological polar surface area (TPSA) is 66.5 Å². The summed E-state index contributed by atoms with van der Waals surface area (Å²) in [6.45, 7) is 7.61. The Morgan fingerprint density at radius 1 is 1.29 bits per heavy atom. The van der Waals surface area contributed by atoms with Gasteiger partial charge in [-0.05, 0) is 25.3 Å². The largest absolute Gasteiger partial charge is 0.344 e. The van der Waals surface area contributed by atoms with Gasteiger partial charge in [-0.3, -0.25) is 19.3 Å². The Labute approximate surface area is 126 Å². The van der Waals surface area contributed by atoms with Gasteiger partial charge in [0, 0.05) is 12.5 Å². The molecule has 0 aromatic rings. The van der Waals surface area contributed by atoms with E-state index < -0.39 is 6.04 Å². The molecule has 0 unspecified atom stereocenters. The standard InChI is InChI=1S/C16H26N2O3/c1-5-8-12(17-14(19)7-3)16(21)18-13(9-6-2)11(4)10-15(18)20/h10,12-13H,5-9H2,1-4H3,(H,17,19)/t12-,13-/m0/s1. The molecule has 0 aliphatic carbocycles. The SMILES string of the molecule is CCC[C@H](NC(=O)CC)C(=O)N1C(=O)C=C(C)[C@@H]1CCC. The molecule has 0 aromatic carbocycles. The van der Waals surface area contributed by atoms with E-state index in [4.69, 9.17) is 0 Å². The van der Waals surface area contributed by atoms with Gasteiger partial charge in [0.15, 0.2) is 0 Å². The van der Waals surface area contributed by atoms with Crippen LogP contribution in [0.25, 0.3) is 0 Å². The third-order valence-electron chi connectivity index (χ3n) is 3.76. The summed E-state index contributed by atoms with van der Waals surface area (Å²) in [5.74, 6) is -0.705. The quantitative estimate of drug-likeness (QED) is 0.782. The van der Waals surface area contributed by atoms with E-state index in [1.54, 1.807) is 6.92 Å². The number of imide groups is 1. The van der Waals surface area contributed by atoms with E-state index in [2.05, 4.69) is 5.32 Å². The first-order chi connectivity index (χ1) is 9.96. The molecular formula is C16H26N2O3. The molecule has 21 heavy (non-hydrogen) atoms. The Kier molecular flexibility index (Phi) is 6.59. The van der Waals surface area contributed by atoms with Gasteiger partial charge in [0.25, 0.3) is 11.8 Å². The summed E-state index contributed by atoms with van der Waals surface area (Å²) in [5.41, 5.74) is 0.923. The summed E-state index contributed by atoms with van der Waals surface area (Å²) in [6.07, 6.45) is 4.84. The highest BCUT2D eigenvalue weighted by Crippen LogP contribution is 2.24. The minimum Gasteiger partial charge on any atom is -0.344 e. The third kappa shape index (κ3) is 4.16. The monoisotopic (exact) mass is 294 g/mol. The normalized spacial score (nSPS) is 19.4. The molecule has 1 heterocycles. The number of hydrogen-bond donors (Lipinski definition) is 1. The number of nitrogens with zero attached hydrogens (tertiary/aromatic N) is 1. The van der Waals surface area contributed by atoms with Gasteiger partial charge in [-0.1, -0.05) is 33.6 Å². The van der Waals surface area contributed by atoms with E-state index >= 15 is 0 Å². The molecule has 118 valence electrons. The van der Waals surface area contributed by atoms with E-state index in [1.165, 1.54) is 11.0 Å². The van der Waals surface area contributed by atoms with Crippen molar-refractivity contribution in [3.05, 3.63) is 11.6 Å². The second-order valence-electron chi connectivity index (χ2n) is 5.50. The average molecular weight is 294 g/mol. The molecular weight excluding hydrogens is 268 g/mol. The first-order valence-electron chi connectivity index (χ1n) is 7.80. The molecule has 0 fully saturated rings. The zero-order valence-corrected chi connectivity index (χ0v) is 13.4. The molecule has 5 heteroatoms. The fraction of sp³-hybridized carbons (Fsp3) is 0.688. The minimum absolute atomic E-state index is 0.159. The summed E-state index contributed by atoms with van der Waals surface area (Å²) in [4.78, 5) is 37.7. The van der Waals surface area contributed by atoms with Gasteiger partial charge in [-0.25, -0.2) is 0 Å². The summed E-state index contributed by atoms with van der Waals surface area (Å²) in [6, 6.07) is -0.766. The van der Waals surface area contributed by atoms with Crippen molar-refractivity contribution >= 4 is 17.7 Å². The molecule has 5 nitrogen and oxygen atoms in total. The Morgan fingerprint density at radius 3 is 2.48 bits per heavy atom. The molecule has 1 aliphatic heterocycles. The van der Waals surface area contributed by atoms with Crippen molar-refractivity contribution < 1.29 is 14.4 Å². The molecule has 1 rings (SSSR count). The summed E-state index contributed by atoms with van der Waals surface area (Å²) in [5, 5.41) is 2.74. The number of hydrogen-bond acceptors (Lipinski definition) is 3. The molecule has 3 amide bonds. The van der Waals surface area contributed by atoms with Gasteiger partial charge >= 0.3 is 0 Å². The molecule has 0 spiro atoms. The molecule has 0 aromatic heterocycles. The molecule has 1 aliphatic rings. The van der Waals surface area contributed by atoms with Crippen LogP contribution in [0.1, 0.15) is 59.8 Å². The van der Waals surface area contributed by atoms with E-state index in [1.807, 2.05) is 20.8 Å². The van der Waals surface area contributed by atoms with Crippen LogP contribution in [0.5, 0.6) is 0 Å². The Hall–Kier alpha value is -1.65.